The third kappa shape index (κ3) is 2.07. The van der Waals surface area contributed by atoms with Crippen LogP contribution in [0.25, 0.3) is 0 Å². The third-order valence-electron chi connectivity index (χ3n) is 3.11. The number of aliphatic hydroxyl groups is 7. The zero-order chi connectivity index (χ0) is 12.5. The van der Waals surface area contributed by atoms with Gasteiger partial charge in [0, 0.05) is 6.61 Å². The molecule has 0 aromatic rings. The Bertz CT molecular complexity index is 218. The van der Waals surface area contributed by atoms with Gasteiger partial charge in [-0.05, 0) is 12.8 Å². The van der Waals surface area contributed by atoms with Crippen LogP contribution in [-0.2, 0) is 0 Å². The Morgan fingerprint density at radius 3 is 1.62 bits per heavy atom. The van der Waals surface area contributed by atoms with Crippen molar-refractivity contribution in [3.05, 3.63) is 0 Å². The Morgan fingerprint density at radius 1 is 0.812 bits per heavy atom. The molecular weight excluding hydrogens is 220 g/mol. The first-order chi connectivity index (χ1) is 7.36. The SMILES string of the molecule is OCCC[C@]1(O)C(O)C(O)[C@@H](O)C(O)C1O. The van der Waals surface area contributed by atoms with Crippen molar-refractivity contribution in [3.8, 4) is 0 Å². The molecule has 0 aromatic carbocycles. The van der Waals surface area contributed by atoms with Gasteiger partial charge in [0.2, 0.25) is 0 Å². The number of rotatable bonds is 3. The maximum Gasteiger partial charge on any atom is 0.122 e. The molecule has 1 fully saturated rings. The van der Waals surface area contributed by atoms with Crippen molar-refractivity contribution in [2.75, 3.05) is 6.61 Å². The summed E-state index contributed by atoms with van der Waals surface area (Å²) in [4.78, 5) is 0. The Kier molecular flexibility index (Phi) is 4.24. The van der Waals surface area contributed by atoms with Gasteiger partial charge in [-0.15, -0.1) is 0 Å². The highest BCUT2D eigenvalue weighted by molar-refractivity contribution is 5.08. The summed E-state index contributed by atoms with van der Waals surface area (Å²) in [5.74, 6) is 0. The van der Waals surface area contributed by atoms with E-state index >= 15 is 0 Å². The highest BCUT2D eigenvalue weighted by Gasteiger charge is 2.56. The molecule has 7 nitrogen and oxygen atoms in total. The van der Waals surface area contributed by atoms with Gasteiger partial charge in [0.25, 0.3) is 0 Å². The fourth-order valence-corrected chi connectivity index (χ4v) is 2.00. The molecule has 0 aromatic heterocycles. The number of hydrogen-bond donors (Lipinski definition) is 7. The summed E-state index contributed by atoms with van der Waals surface area (Å²) in [5.41, 5.74) is -2.14. The van der Waals surface area contributed by atoms with E-state index in [1.165, 1.54) is 0 Å². The van der Waals surface area contributed by atoms with E-state index < -0.39 is 36.1 Å². The van der Waals surface area contributed by atoms with Crippen molar-refractivity contribution < 1.29 is 35.7 Å². The van der Waals surface area contributed by atoms with Gasteiger partial charge >= 0.3 is 0 Å². The quantitative estimate of drug-likeness (QED) is 0.268. The molecule has 0 saturated heterocycles. The highest BCUT2D eigenvalue weighted by Crippen LogP contribution is 2.33. The van der Waals surface area contributed by atoms with Crippen LogP contribution in [0.3, 0.4) is 0 Å². The van der Waals surface area contributed by atoms with E-state index in [-0.39, 0.29) is 19.4 Å². The largest absolute Gasteiger partial charge is 0.396 e. The van der Waals surface area contributed by atoms with Crippen molar-refractivity contribution in [2.45, 2.75) is 49.0 Å². The van der Waals surface area contributed by atoms with Gasteiger partial charge < -0.3 is 35.7 Å². The Labute approximate surface area is 92.2 Å². The predicted octanol–water partition coefficient (Wildman–Crippen LogP) is -3.69. The molecule has 1 saturated carbocycles. The average Bonchev–Trinajstić information content (AvgIpc) is 2.29. The van der Waals surface area contributed by atoms with E-state index in [0.717, 1.165) is 0 Å². The topological polar surface area (TPSA) is 142 Å². The Balaban J connectivity index is 2.88. The average molecular weight is 238 g/mol. The molecule has 1 aliphatic rings. The lowest BCUT2D eigenvalue weighted by Gasteiger charge is -2.47. The summed E-state index contributed by atoms with van der Waals surface area (Å²) in [7, 11) is 0. The van der Waals surface area contributed by atoms with E-state index in [2.05, 4.69) is 0 Å². The van der Waals surface area contributed by atoms with Crippen molar-refractivity contribution in [1.29, 1.82) is 0 Å². The second-order valence-corrected chi connectivity index (χ2v) is 4.18. The van der Waals surface area contributed by atoms with Gasteiger partial charge in [-0.3, -0.25) is 0 Å². The third-order valence-corrected chi connectivity index (χ3v) is 3.11. The first-order valence-electron chi connectivity index (χ1n) is 5.10. The van der Waals surface area contributed by atoms with Gasteiger partial charge in [-0.1, -0.05) is 0 Å². The minimum absolute atomic E-state index is 0.0835. The number of hydrogen-bond acceptors (Lipinski definition) is 7. The van der Waals surface area contributed by atoms with Gasteiger partial charge in [-0.25, -0.2) is 0 Å². The molecule has 0 amide bonds. The lowest BCUT2D eigenvalue weighted by atomic mass is 9.72. The van der Waals surface area contributed by atoms with Gasteiger partial charge in [0.05, 0.1) is 0 Å². The van der Waals surface area contributed by atoms with Crippen LogP contribution in [0.4, 0.5) is 0 Å². The van der Waals surface area contributed by atoms with Crippen LogP contribution in [0.5, 0.6) is 0 Å². The summed E-state index contributed by atoms with van der Waals surface area (Å²) in [6.45, 7) is -0.267. The smallest absolute Gasteiger partial charge is 0.122 e. The molecule has 0 bridgehead atoms. The Morgan fingerprint density at radius 2 is 1.25 bits per heavy atom. The summed E-state index contributed by atoms with van der Waals surface area (Å²) in [5, 5.41) is 65.7. The molecule has 0 spiro atoms. The normalized spacial score (nSPS) is 49.3. The number of aliphatic hydroxyl groups excluding tert-OH is 6. The van der Waals surface area contributed by atoms with Gasteiger partial charge in [-0.2, -0.15) is 0 Å². The molecule has 7 N–H and O–H groups in total. The molecule has 4 atom stereocenters. The maximum absolute atomic E-state index is 9.96. The molecule has 4 unspecified atom stereocenters. The van der Waals surface area contributed by atoms with E-state index in [9.17, 15) is 30.6 Å². The second-order valence-electron chi connectivity index (χ2n) is 4.18. The molecule has 16 heavy (non-hydrogen) atoms. The van der Waals surface area contributed by atoms with Crippen molar-refractivity contribution in [3.63, 3.8) is 0 Å². The molecule has 0 radical (unpaired) electrons. The van der Waals surface area contributed by atoms with Crippen molar-refractivity contribution in [1.82, 2.24) is 0 Å². The molecule has 0 aliphatic heterocycles. The van der Waals surface area contributed by atoms with E-state index in [1.807, 2.05) is 0 Å². The lowest BCUT2D eigenvalue weighted by molar-refractivity contribution is -0.270. The van der Waals surface area contributed by atoms with Crippen molar-refractivity contribution in [2.24, 2.45) is 0 Å². The zero-order valence-corrected chi connectivity index (χ0v) is 8.64. The molecule has 96 valence electrons. The fourth-order valence-electron chi connectivity index (χ4n) is 2.00. The minimum atomic E-state index is -2.14. The molecule has 1 rings (SSSR count). The van der Waals surface area contributed by atoms with Gasteiger partial charge in [0.1, 0.15) is 36.1 Å². The second kappa shape index (κ2) is 4.92. The first-order valence-corrected chi connectivity index (χ1v) is 5.10. The predicted molar refractivity (Wildman–Crippen MR) is 51.3 cm³/mol. The van der Waals surface area contributed by atoms with Crippen LogP contribution >= 0.6 is 0 Å². The monoisotopic (exact) mass is 238 g/mol. The first kappa shape index (κ1) is 13.8. The van der Waals surface area contributed by atoms with Crippen LogP contribution in [0.15, 0.2) is 0 Å². The fraction of sp³-hybridized carbons (Fsp3) is 1.00. The summed E-state index contributed by atoms with van der Waals surface area (Å²) >= 11 is 0. The van der Waals surface area contributed by atoms with Gasteiger partial charge in [0.15, 0.2) is 0 Å². The molecular formula is C9H18O7. The van der Waals surface area contributed by atoms with E-state index in [0.29, 0.717) is 0 Å². The molecule has 1 aliphatic carbocycles. The molecule has 0 heterocycles. The van der Waals surface area contributed by atoms with Crippen LogP contribution in [0, 0.1) is 0 Å². The standard InChI is InChI=1S/C9H18O7/c10-3-1-2-9(16)7(14)5(12)4(11)6(13)8(9)15/h4-8,10-16H,1-3H2/t4-,5?,6?,7?,8?,9+. The highest BCUT2D eigenvalue weighted by atomic mass is 16.4. The zero-order valence-electron chi connectivity index (χ0n) is 8.64. The van der Waals surface area contributed by atoms with Crippen LogP contribution in [0.1, 0.15) is 12.8 Å². The van der Waals surface area contributed by atoms with Crippen LogP contribution < -0.4 is 0 Å². The maximum atomic E-state index is 9.96. The Hall–Kier alpha value is -0.280. The minimum Gasteiger partial charge on any atom is -0.396 e. The van der Waals surface area contributed by atoms with Crippen molar-refractivity contribution >= 4 is 0 Å². The van der Waals surface area contributed by atoms with E-state index in [1.54, 1.807) is 0 Å². The summed E-state index contributed by atoms with van der Waals surface area (Å²) in [6, 6.07) is 0. The lowest BCUT2D eigenvalue weighted by Crippen LogP contribution is -2.70. The van der Waals surface area contributed by atoms with Crippen LogP contribution in [0.2, 0.25) is 0 Å². The summed E-state index contributed by atoms with van der Waals surface area (Å²) in [6.07, 6.45) is -8.91. The van der Waals surface area contributed by atoms with E-state index in [4.69, 9.17) is 5.11 Å². The van der Waals surface area contributed by atoms with Crippen LogP contribution in [-0.4, -0.2) is 78.5 Å². The summed E-state index contributed by atoms with van der Waals surface area (Å²) < 4.78 is 0. The molecule has 7 heteroatoms.